The van der Waals surface area contributed by atoms with Crippen LogP contribution in [0, 0.1) is 6.92 Å². The van der Waals surface area contributed by atoms with Crippen molar-refractivity contribution in [3.05, 3.63) is 23.5 Å². The Hall–Kier alpha value is -1.33. The van der Waals surface area contributed by atoms with Gasteiger partial charge in [0.15, 0.2) is 0 Å². The molecule has 0 saturated carbocycles. The van der Waals surface area contributed by atoms with Gasteiger partial charge in [-0.25, -0.2) is 0 Å². The second-order valence-electron chi connectivity index (χ2n) is 4.68. The highest BCUT2D eigenvalue weighted by atomic mass is 16.5. The van der Waals surface area contributed by atoms with E-state index in [1.165, 1.54) is 0 Å². The molecule has 1 aromatic heterocycles. The molecule has 1 saturated heterocycles. The molecule has 2 rings (SSSR count). The molecule has 5 heteroatoms. The Bertz CT molecular complexity index is 416. The summed E-state index contributed by atoms with van der Waals surface area (Å²) in [5.74, 6) is 0.0513. The van der Waals surface area contributed by atoms with Crippen molar-refractivity contribution in [2.24, 2.45) is 0 Å². The van der Waals surface area contributed by atoms with Gasteiger partial charge in [0.1, 0.15) is 0 Å². The number of carbonyl (C=O) groups is 1. The average molecular weight is 252 g/mol. The Labute approximate surface area is 107 Å². The van der Waals surface area contributed by atoms with E-state index in [2.05, 4.69) is 4.98 Å². The average Bonchev–Trinajstić information content (AvgIpc) is 2.95. The SMILES string of the molecule is COC[C@@H]1C[C@@H](OC)CN1C(=O)c1cc[nH]c1C. The maximum Gasteiger partial charge on any atom is 0.256 e. The molecule has 0 radical (unpaired) electrons. The third-order valence-corrected chi connectivity index (χ3v) is 3.51. The molecule has 5 nitrogen and oxygen atoms in total. The number of amides is 1. The van der Waals surface area contributed by atoms with Crippen LogP contribution in [0.3, 0.4) is 0 Å². The minimum atomic E-state index is 0.0513. The predicted molar refractivity (Wildman–Crippen MR) is 67.6 cm³/mol. The lowest BCUT2D eigenvalue weighted by Gasteiger charge is -2.23. The highest BCUT2D eigenvalue weighted by Crippen LogP contribution is 2.23. The largest absolute Gasteiger partial charge is 0.383 e. The topological polar surface area (TPSA) is 54.6 Å². The van der Waals surface area contributed by atoms with Gasteiger partial charge in [-0.15, -0.1) is 0 Å². The van der Waals surface area contributed by atoms with Crippen LogP contribution in [-0.4, -0.2) is 55.3 Å². The summed E-state index contributed by atoms with van der Waals surface area (Å²) in [6, 6.07) is 1.92. The van der Waals surface area contributed by atoms with E-state index < -0.39 is 0 Å². The quantitative estimate of drug-likeness (QED) is 0.876. The highest BCUT2D eigenvalue weighted by Gasteiger charge is 2.36. The smallest absolute Gasteiger partial charge is 0.256 e. The molecule has 18 heavy (non-hydrogen) atoms. The number of carbonyl (C=O) groups excluding carboxylic acids is 1. The number of aryl methyl sites for hydroxylation is 1. The predicted octanol–water partition coefficient (Wildman–Crippen LogP) is 1.20. The van der Waals surface area contributed by atoms with Crippen LogP contribution < -0.4 is 0 Å². The molecule has 0 aliphatic carbocycles. The number of hydrogen-bond donors (Lipinski definition) is 1. The zero-order valence-electron chi connectivity index (χ0n) is 11.1. The lowest BCUT2D eigenvalue weighted by Crippen LogP contribution is -2.38. The van der Waals surface area contributed by atoms with Crippen molar-refractivity contribution in [3.63, 3.8) is 0 Å². The molecule has 0 bridgehead atoms. The number of methoxy groups -OCH3 is 2. The first-order chi connectivity index (χ1) is 8.67. The van der Waals surface area contributed by atoms with E-state index >= 15 is 0 Å². The minimum absolute atomic E-state index is 0.0513. The van der Waals surface area contributed by atoms with E-state index in [1.807, 2.05) is 17.9 Å². The molecule has 0 aromatic carbocycles. The Balaban J connectivity index is 2.15. The number of aromatic amines is 1. The van der Waals surface area contributed by atoms with Gasteiger partial charge in [0.25, 0.3) is 5.91 Å². The van der Waals surface area contributed by atoms with Crippen LogP contribution in [0.5, 0.6) is 0 Å². The van der Waals surface area contributed by atoms with Gasteiger partial charge in [0.05, 0.1) is 24.3 Å². The summed E-state index contributed by atoms with van der Waals surface area (Å²) < 4.78 is 10.5. The first kappa shape index (κ1) is 13.1. The van der Waals surface area contributed by atoms with Crippen molar-refractivity contribution < 1.29 is 14.3 Å². The van der Waals surface area contributed by atoms with Gasteiger partial charge in [0.2, 0.25) is 0 Å². The number of ether oxygens (including phenoxy) is 2. The van der Waals surface area contributed by atoms with Gasteiger partial charge in [-0.1, -0.05) is 0 Å². The lowest BCUT2D eigenvalue weighted by molar-refractivity contribution is 0.0611. The Morgan fingerprint density at radius 1 is 1.56 bits per heavy atom. The Kier molecular flexibility index (Phi) is 4.04. The maximum absolute atomic E-state index is 12.5. The van der Waals surface area contributed by atoms with Gasteiger partial charge in [0, 0.05) is 32.7 Å². The number of aromatic nitrogens is 1. The fourth-order valence-electron chi connectivity index (χ4n) is 2.48. The van der Waals surface area contributed by atoms with Crippen molar-refractivity contribution in [2.45, 2.75) is 25.5 Å². The van der Waals surface area contributed by atoms with Crippen LogP contribution in [0.4, 0.5) is 0 Å². The molecule has 0 spiro atoms. The summed E-state index contributed by atoms with van der Waals surface area (Å²) in [5.41, 5.74) is 1.63. The Morgan fingerprint density at radius 3 is 2.89 bits per heavy atom. The van der Waals surface area contributed by atoms with Gasteiger partial charge in [-0.05, 0) is 19.4 Å². The summed E-state index contributed by atoms with van der Waals surface area (Å²) >= 11 is 0. The number of likely N-dealkylation sites (tertiary alicyclic amines) is 1. The van der Waals surface area contributed by atoms with Gasteiger partial charge in [-0.2, -0.15) is 0 Å². The van der Waals surface area contributed by atoms with E-state index in [9.17, 15) is 4.79 Å². The second kappa shape index (κ2) is 5.54. The van der Waals surface area contributed by atoms with Crippen molar-refractivity contribution in [2.75, 3.05) is 27.4 Å². The zero-order chi connectivity index (χ0) is 13.1. The number of hydrogen-bond acceptors (Lipinski definition) is 3. The van der Waals surface area contributed by atoms with E-state index in [0.29, 0.717) is 13.2 Å². The van der Waals surface area contributed by atoms with Crippen LogP contribution in [0.15, 0.2) is 12.3 Å². The van der Waals surface area contributed by atoms with Crippen LogP contribution in [-0.2, 0) is 9.47 Å². The number of rotatable bonds is 4. The number of nitrogens with zero attached hydrogens (tertiary/aromatic N) is 1. The lowest BCUT2D eigenvalue weighted by atomic mass is 10.2. The second-order valence-corrected chi connectivity index (χ2v) is 4.68. The third kappa shape index (κ3) is 2.42. The monoisotopic (exact) mass is 252 g/mol. The molecule has 1 N–H and O–H groups in total. The summed E-state index contributed by atoms with van der Waals surface area (Å²) in [4.78, 5) is 17.4. The van der Waals surface area contributed by atoms with Crippen LogP contribution in [0.25, 0.3) is 0 Å². The first-order valence-electron chi connectivity index (χ1n) is 6.14. The van der Waals surface area contributed by atoms with Crippen molar-refractivity contribution in [1.29, 1.82) is 0 Å². The molecule has 2 atom stereocenters. The van der Waals surface area contributed by atoms with Gasteiger partial charge in [-0.3, -0.25) is 4.79 Å². The van der Waals surface area contributed by atoms with E-state index in [-0.39, 0.29) is 18.1 Å². The molecule has 1 fully saturated rings. The summed E-state index contributed by atoms with van der Waals surface area (Å²) in [5, 5.41) is 0. The number of nitrogens with one attached hydrogen (secondary N) is 1. The zero-order valence-corrected chi connectivity index (χ0v) is 11.1. The molecule has 1 aliphatic heterocycles. The first-order valence-corrected chi connectivity index (χ1v) is 6.14. The van der Waals surface area contributed by atoms with Crippen molar-refractivity contribution >= 4 is 5.91 Å². The molecular formula is C13H20N2O3. The third-order valence-electron chi connectivity index (χ3n) is 3.51. The molecule has 2 heterocycles. The summed E-state index contributed by atoms with van der Waals surface area (Å²) in [6.07, 6.45) is 2.73. The van der Waals surface area contributed by atoms with E-state index in [4.69, 9.17) is 9.47 Å². The maximum atomic E-state index is 12.5. The standard InChI is InChI=1S/C13H20N2O3/c1-9-12(4-5-14-9)13(16)15-7-11(18-3)6-10(15)8-17-2/h4-5,10-11,14H,6-8H2,1-3H3/t10-,11+/m0/s1. The summed E-state index contributed by atoms with van der Waals surface area (Å²) in [6.45, 7) is 3.09. The van der Waals surface area contributed by atoms with Crippen LogP contribution >= 0.6 is 0 Å². The van der Waals surface area contributed by atoms with Gasteiger partial charge >= 0.3 is 0 Å². The molecular weight excluding hydrogens is 232 g/mol. The van der Waals surface area contributed by atoms with E-state index in [1.54, 1.807) is 20.4 Å². The molecule has 0 unspecified atom stereocenters. The van der Waals surface area contributed by atoms with Gasteiger partial charge < -0.3 is 19.4 Å². The Morgan fingerprint density at radius 2 is 2.33 bits per heavy atom. The minimum Gasteiger partial charge on any atom is -0.383 e. The van der Waals surface area contributed by atoms with Crippen molar-refractivity contribution in [1.82, 2.24) is 9.88 Å². The van der Waals surface area contributed by atoms with E-state index in [0.717, 1.165) is 17.7 Å². The van der Waals surface area contributed by atoms with Crippen LogP contribution in [0.1, 0.15) is 22.5 Å². The van der Waals surface area contributed by atoms with Crippen molar-refractivity contribution in [3.8, 4) is 0 Å². The summed E-state index contributed by atoms with van der Waals surface area (Å²) in [7, 11) is 3.34. The molecule has 1 aliphatic rings. The fraction of sp³-hybridized carbons (Fsp3) is 0.615. The fourth-order valence-corrected chi connectivity index (χ4v) is 2.48. The molecule has 100 valence electrons. The molecule has 1 amide bonds. The highest BCUT2D eigenvalue weighted by molar-refractivity contribution is 5.95. The number of H-pyrrole nitrogens is 1. The van der Waals surface area contributed by atoms with Crippen LogP contribution in [0.2, 0.25) is 0 Å². The normalized spacial score (nSPS) is 23.6. The molecule has 1 aromatic rings.